The van der Waals surface area contributed by atoms with Crippen LogP contribution in [0.25, 0.3) is 0 Å². The average molecular weight is 291 g/mol. The molecule has 1 spiro atoms. The second-order valence-corrected chi connectivity index (χ2v) is 9.15. The maximum absolute atomic E-state index is 6.02. The summed E-state index contributed by atoms with van der Waals surface area (Å²) in [5.41, 5.74) is 1.55. The summed E-state index contributed by atoms with van der Waals surface area (Å²) < 4.78 is 6.02. The molecule has 4 rings (SSSR count). The highest BCUT2D eigenvalue weighted by Crippen LogP contribution is 2.66. The van der Waals surface area contributed by atoms with Crippen LogP contribution in [0.15, 0.2) is 0 Å². The molecular formula is C19H33NO. The number of fused-ring (bicyclic) bond motifs is 2. The number of nitrogens with one attached hydrogen (secondary N) is 1. The van der Waals surface area contributed by atoms with E-state index in [0.717, 1.165) is 24.6 Å². The average Bonchev–Trinajstić information content (AvgIpc) is 2.68. The number of hydrogen-bond donors (Lipinski definition) is 1. The molecule has 0 aliphatic heterocycles. The molecule has 2 nitrogen and oxygen atoms in total. The molecule has 4 saturated carbocycles. The van der Waals surface area contributed by atoms with Gasteiger partial charge in [0.2, 0.25) is 0 Å². The van der Waals surface area contributed by atoms with Crippen LogP contribution < -0.4 is 5.32 Å². The zero-order valence-electron chi connectivity index (χ0n) is 14.4. The molecule has 4 aliphatic carbocycles. The minimum atomic E-state index is 0.512. The summed E-state index contributed by atoms with van der Waals surface area (Å²) in [5, 5.41) is 4.14. The van der Waals surface area contributed by atoms with Crippen molar-refractivity contribution in [1.82, 2.24) is 5.32 Å². The van der Waals surface area contributed by atoms with Gasteiger partial charge in [0.15, 0.2) is 0 Å². The molecule has 0 saturated heterocycles. The fourth-order valence-electron chi connectivity index (χ4n) is 6.37. The Labute approximate surface area is 130 Å². The van der Waals surface area contributed by atoms with Crippen molar-refractivity contribution in [3.05, 3.63) is 0 Å². The normalized spacial score (nSPS) is 49.1. The Morgan fingerprint density at radius 1 is 1.05 bits per heavy atom. The van der Waals surface area contributed by atoms with Gasteiger partial charge in [-0.15, -0.1) is 0 Å². The van der Waals surface area contributed by atoms with Gasteiger partial charge in [0.25, 0.3) is 0 Å². The standard InChI is InChI=1S/C19H33NO/c1-5-21-16-12-15(19(16)8-6-9-19)20-14-11-13-7-10-18(14,4)17(13,2)3/h13-16,20H,5-12H2,1-4H3. The molecule has 21 heavy (non-hydrogen) atoms. The Morgan fingerprint density at radius 2 is 1.81 bits per heavy atom. The van der Waals surface area contributed by atoms with Gasteiger partial charge in [0.05, 0.1) is 6.10 Å². The Hall–Kier alpha value is -0.0800. The first-order valence-electron chi connectivity index (χ1n) is 9.32. The van der Waals surface area contributed by atoms with Crippen LogP contribution >= 0.6 is 0 Å². The van der Waals surface area contributed by atoms with Crippen molar-refractivity contribution in [3.63, 3.8) is 0 Å². The van der Waals surface area contributed by atoms with Gasteiger partial charge in [-0.1, -0.05) is 27.2 Å². The van der Waals surface area contributed by atoms with E-state index in [1.165, 1.54) is 44.9 Å². The van der Waals surface area contributed by atoms with Crippen molar-refractivity contribution in [2.75, 3.05) is 6.61 Å². The smallest absolute Gasteiger partial charge is 0.0661 e. The first kappa shape index (κ1) is 14.5. The molecule has 4 aliphatic rings. The van der Waals surface area contributed by atoms with Gasteiger partial charge < -0.3 is 10.1 Å². The summed E-state index contributed by atoms with van der Waals surface area (Å²) in [6.07, 6.45) is 10.3. The van der Waals surface area contributed by atoms with Crippen LogP contribution in [0.2, 0.25) is 0 Å². The highest BCUT2D eigenvalue weighted by Gasteiger charge is 2.64. The van der Waals surface area contributed by atoms with E-state index in [1.807, 2.05) is 0 Å². The van der Waals surface area contributed by atoms with Gasteiger partial charge in [-0.3, -0.25) is 0 Å². The molecule has 0 aromatic carbocycles. The third kappa shape index (κ3) is 1.67. The Bertz CT molecular complexity index is 427. The van der Waals surface area contributed by atoms with E-state index in [1.54, 1.807) is 0 Å². The minimum absolute atomic E-state index is 0.512. The van der Waals surface area contributed by atoms with Crippen LogP contribution in [-0.4, -0.2) is 24.8 Å². The van der Waals surface area contributed by atoms with E-state index < -0.39 is 0 Å². The van der Waals surface area contributed by atoms with Gasteiger partial charge in [-0.05, 0) is 62.2 Å². The van der Waals surface area contributed by atoms with Gasteiger partial charge in [-0.25, -0.2) is 0 Å². The maximum Gasteiger partial charge on any atom is 0.0661 e. The third-order valence-corrected chi connectivity index (χ3v) is 8.63. The highest BCUT2D eigenvalue weighted by atomic mass is 16.5. The first-order chi connectivity index (χ1) is 9.94. The lowest BCUT2D eigenvalue weighted by Crippen LogP contribution is -2.69. The van der Waals surface area contributed by atoms with E-state index in [0.29, 0.717) is 22.3 Å². The summed E-state index contributed by atoms with van der Waals surface area (Å²) in [5.74, 6) is 0.945. The fraction of sp³-hybridized carbons (Fsp3) is 1.00. The molecular weight excluding hydrogens is 258 g/mol. The molecule has 1 N–H and O–H groups in total. The number of hydrogen-bond acceptors (Lipinski definition) is 2. The lowest BCUT2D eigenvalue weighted by atomic mass is 9.50. The van der Waals surface area contributed by atoms with E-state index in [9.17, 15) is 0 Å². The molecule has 0 aromatic heterocycles. The molecule has 0 aromatic rings. The van der Waals surface area contributed by atoms with Gasteiger partial charge in [0, 0.05) is 24.1 Å². The molecule has 5 atom stereocenters. The Kier molecular flexibility index (Phi) is 3.09. The summed E-state index contributed by atoms with van der Waals surface area (Å²) in [6.45, 7) is 10.6. The van der Waals surface area contributed by atoms with Gasteiger partial charge in [-0.2, -0.15) is 0 Å². The zero-order valence-corrected chi connectivity index (χ0v) is 14.4. The predicted octanol–water partition coefficient (Wildman–Crippen LogP) is 4.14. The predicted molar refractivity (Wildman–Crippen MR) is 86.3 cm³/mol. The lowest BCUT2D eigenvalue weighted by molar-refractivity contribution is -0.177. The molecule has 2 bridgehead atoms. The molecule has 2 heteroatoms. The SMILES string of the molecule is CCOC1CC(NC2CC3CCC2(C)C3(C)C)C12CCC2. The van der Waals surface area contributed by atoms with Crippen molar-refractivity contribution in [2.45, 2.75) is 90.8 Å². The van der Waals surface area contributed by atoms with Crippen molar-refractivity contribution < 1.29 is 4.74 Å². The fourth-order valence-corrected chi connectivity index (χ4v) is 6.37. The van der Waals surface area contributed by atoms with Crippen molar-refractivity contribution in [2.24, 2.45) is 22.2 Å². The maximum atomic E-state index is 6.02. The van der Waals surface area contributed by atoms with E-state index >= 15 is 0 Å². The molecule has 4 fully saturated rings. The van der Waals surface area contributed by atoms with E-state index in [-0.39, 0.29) is 0 Å². The number of ether oxygens (including phenoxy) is 1. The second kappa shape index (κ2) is 4.47. The monoisotopic (exact) mass is 291 g/mol. The van der Waals surface area contributed by atoms with Crippen LogP contribution in [0.4, 0.5) is 0 Å². The van der Waals surface area contributed by atoms with Crippen molar-refractivity contribution in [1.29, 1.82) is 0 Å². The van der Waals surface area contributed by atoms with Crippen LogP contribution in [0, 0.1) is 22.2 Å². The molecule has 0 amide bonds. The van der Waals surface area contributed by atoms with E-state index in [4.69, 9.17) is 4.74 Å². The zero-order chi connectivity index (χ0) is 14.9. The van der Waals surface area contributed by atoms with Gasteiger partial charge >= 0.3 is 0 Å². The highest BCUT2D eigenvalue weighted by molar-refractivity contribution is 5.18. The molecule has 5 unspecified atom stereocenters. The topological polar surface area (TPSA) is 21.3 Å². The van der Waals surface area contributed by atoms with Crippen LogP contribution in [-0.2, 0) is 4.74 Å². The van der Waals surface area contributed by atoms with Crippen LogP contribution in [0.1, 0.15) is 72.6 Å². The lowest BCUT2D eigenvalue weighted by Gasteiger charge is -2.62. The number of rotatable bonds is 4. The summed E-state index contributed by atoms with van der Waals surface area (Å²) >= 11 is 0. The molecule has 120 valence electrons. The van der Waals surface area contributed by atoms with Gasteiger partial charge in [0.1, 0.15) is 0 Å². The summed E-state index contributed by atoms with van der Waals surface area (Å²) in [7, 11) is 0. The third-order valence-electron chi connectivity index (χ3n) is 8.63. The van der Waals surface area contributed by atoms with Crippen LogP contribution in [0.5, 0.6) is 0 Å². The van der Waals surface area contributed by atoms with Crippen molar-refractivity contribution in [3.8, 4) is 0 Å². The molecule has 0 heterocycles. The Balaban J connectivity index is 1.46. The molecule has 0 radical (unpaired) electrons. The summed E-state index contributed by atoms with van der Waals surface area (Å²) in [4.78, 5) is 0. The Morgan fingerprint density at radius 3 is 2.29 bits per heavy atom. The van der Waals surface area contributed by atoms with Crippen molar-refractivity contribution >= 4 is 0 Å². The minimum Gasteiger partial charge on any atom is -0.378 e. The quantitative estimate of drug-likeness (QED) is 0.840. The van der Waals surface area contributed by atoms with E-state index in [2.05, 4.69) is 33.0 Å². The first-order valence-corrected chi connectivity index (χ1v) is 9.32. The van der Waals surface area contributed by atoms with Crippen LogP contribution in [0.3, 0.4) is 0 Å². The summed E-state index contributed by atoms with van der Waals surface area (Å²) in [6, 6.07) is 1.48. The second-order valence-electron chi connectivity index (χ2n) is 9.15. The largest absolute Gasteiger partial charge is 0.378 e.